The lowest BCUT2D eigenvalue weighted by atomic mass is 10.1. The number of likely N-dealkylation sites (tertiary alicyclic amines) is 1. The van der Waals surface area contributed by atoms with Crippen molar-refractivity contribution in [3.63, 3.8) is 0 Å². The third kappa shape index (κ3) is 5.09. The van der Waals surface area contributed by atoms with Crippen LogP contribution in [0.5, 0.6) is 0 Å². The van der Waals surface area contributed by atoms with E-state index in [-0.39, 0.29) is 30.2 Å². The maximum absolute atomic E-state index is 13.0. The number of benzene rings is 1. The standard InChI is InChI=1S/C18H21FN4O2S/c1-12(24)20-15-3-2-8-23(9-15)10-17(25)22-18-21-16(11-26-18)13-4-6-14(19)7-5-13/h4-7,11,15H,2-3,8-10H2,1H3,(H,20,24)(H,21,22,25). The summed E-state index contributed by atoms with van der Waals surface area (Å²) in [5, 5.41) is 8.07. The average Bonchev–Trinajstić information content (AvgIpc) is 3.03. The Bertz CT molecular complexity index is 778. The van der Waals surface area contributed by atoms with E-state index in [9.17, 15) is 14.0 Å². The third-order valence-electron chi connectivity index (χ3n) is 4.17. The van der Waals surface area contributed by atoms with Crippen molar-refractivity contribution >= 4 is 28.3 Å². The summed E-state index contributed by atoms with van der Waals surface area (Å²) < 4.78 is 13.0. The van der Waals surface area contributed by atoms with E-state index in [2.05, 4.69) is 15.6 Å². The monoisotopic (exact) mass is 376 g/mol. The number of hydrogen-bond acceptors (Lipinski definition) is 5. The number of nitrogens with zero attached hydrogens (tertiary/aromatic N) is 2. The molecular weight excluding hydrogens is 355 g/mol. The summed E-state index contributed by atoms with van der Waals surface area (Å²) >= 11 is 1.34. The fourth-order valence-corrected chi connectivity index (χ4v) is 3.79. The first-order valence-corrected chi connectivity index (χ1v) is 9.38. The molecule has 1 aromatic carbocycles. The minimum atomic E-state index is -0.295. The van der Waals surface area contributed by atoms with Crippen molar-refractivity contribution in [3.8, 4) is 11.3 Å². The summed E-state index contributed by atoms with van der Waals surface area (Å²) in [6, 6.07) is 6.18. The van der Waals surface area contributed by atoms with Gasteiger partial charge in [0.25, 0.3) is 0 Å². The molecule has 6 nitrogen and oxygen atoms in total. The molecule has 2 heterocycles. The van der Waals surface area contributed by atoms with Gasteiger partial charge in [0.15, 0.2) is 5.13 Å². The van der Waals surface area contributed by atoms with Gasteiger partial charge in [-0.05, 0) is 43.7 Å². The Kier molecular flexibility index (Phi) is 5.95. The number of halogens is 1. The van der Waals surface area contributed by atoms with Crippen LogP contribution in [0.4, 0.5) is 9.52 Å². The Hall–Kier alpha value is -2.32. The van der Waals surface area contributed by atoms with Crippen LogP contribution in [0.3, 0.4) is 0 Å². The Morgan fingerprint density at radius 2 is 2.12 bits per heavy atom. The lowest BCUT2D eigenvalue weighted by Crippen LogP contribution is -2.49. The summed E-state index contributed by atoms with van der Waals surface area (Å²) in [5.74, 6) is -0.470. The first kappa shape index (κ1) is 18.5. The molecule has 1 aliphatic rings. The normalized spacial score (nSPS) is 17.7. The summed E-state index contributed by atoms with van der Waals surface area (Å²) in [6.45, 7) is 3.28. The molecule has 0 bridgehead atoms. The zero-order valence-electron chi connectivity index (χ0n) is 14.5. The molecule has 138 valence electrons. The van der Waals surface area contributed by atoms with E-state index in [1.807, 2.05) is 10.3 Å². The van der Waals surface area contributed by atoms with Crippen LogP contribution in [0.25, 0.3) is 11.3 Å². The van der Waals surface area contributed by atoms with Gasteiger partial charge in [0.2, 0.25) is 11.8 Å². The highest BCUT2D eigenvalue weighted by atomic mass is 32.1. The van der Waals surface area contributed by atoms with Gasteiger partial charge in [-0.2, -0.15) is 0 Å². The largest absolute Gasteiger partial charge is 0.352 e. The first-order valence-electron chi connectivity index (χ1n) is 8.50. The van der Waals surface area contributed by atoms with Crippen LogP contribution in [0.2, 0.25) is 0 Å². The van der Waals surface area contributed by atoms with Gasteiger partial charge in [0, 0.05) is 30.5 Å². The topological polar surface area (TPSA) is 74.3 Å². The molecule has 0 spiro atoms. The quantitative estimate of drug-likeness (QED) is 0.841. The van der Waals surface area contributed by atoms with Crippen molar-refractivity contribution < 1.29 is 14.0 Å². The maximum Gasteiger partial charge on any atom is 0.240 e. The van der Waals surface area contributed by atoms with Gasteiger partial charge in [0.1, 0.15) is 5.82 Å². The minimum absolute atomic E-state index is 0.0441. The summed E-state index contributed by atoms with van der Waals surface area (Å²) in [4.78, 5) is 29.9. The van der Waals surface area contributed by atoms with Crippen LogP contribution in [-0.2, 0) is 9.59 Å². The predicted octanol–water partition coefficient (Wildman–Crippen LogP) is 2.49. The minimum Gasteiger partial charge on any atom is -0.352 e. The van der Waals surface area contributed by atoms with Crippen LogP contribution in [0, 0.1) is 5.82 Å². The Morgan fingerprint density at radius 3 is 2.85 bits per heavy atom. The summed E-state index contributed by atoms with van der Waals surface area (Å²) in [7, 11) is 0. The number of rotatable bonds is 5. The molecule has 1 aliphatic heterocycles. The molecule has 8 heteroatoms. The second-order valence-corrected chi connectivity index (χ2v) is 7.23. The highest BCUT2D eigenvalue weighted by Gasteiger charge is 2.22. The van der Waals surface area contributed by atoms with Gasteiger partial charge in [-0.25, -0.2) is 9.37 Å². The number of aromatic nitrogens is 1. The molecule has 1 fully saturated rings. The fourth-order valence-electron chi connectivity index (χ4n) is 3.05. The van der Waals surface area contributed by atoms with E-state index in [0.29, 0.717) is 17.4 Å². The Morgan fingerprint density at radius 1 is 1.35 bits per heavy atom. The van der Waals surface area contributed by atoms with E-state index in [4.69, 9.17) is 0 Å². The van der Waals surface area contributed by atoms with E-state index in [1.54, 1.807) is 12.1 Å². The van der Waals surface area contributed by atoms with Gasteiger partial charge in [-0.15, -0.1) is 11.3 Å². The van der Waals surface area contributed by atoms with Crippen LogP contribution in [0.15, 0.2) is 29.6 Å². The average molecular weight is 376 g/mol. The zero-order chi connectivity index (χ0) is 18.5. The number of amides is 2. The SMILES string of the molecule is CC(=O)NC1CCCN(CC(=O)Nc2nc(-c3ccc(F)cc3)cs2)C1. The maximum atomic E-state index is 13.0. The molecule has 0 saturated carbocycles. The number of anilines is 1. The van der Waals surface area contributed by atoms with Crippen molar-refractivity contribution in [2.24, 2.45) is 0 Å². The van der Waals surface area contributed by atoms with Gasteiger partial charge in [0.05, 0.1) is 12.2 Å². The van der Waals surface area contributed by atoms with Gasteiger partial charge >= 0.3 is 0 Å². The molecular formula is C18H21FN4O2S. The highest BCUT2D eigenvalue weighted by Crippen LogP contribution is 2.25. The zero-order valence-corrected chi connectivity index (χ0v) is 15.3. The van der Waals surface area contributed by atoms with Crippen molar-refractivity contribution in [3.05, 3.63) is 35.5 Å². The van der Waals surface area contributed by atoms with Crippen LogP contribution in [-0.4, -0.2) is 47.4 Å². The number of nitrogens with one attached hydrogen (secondary N) is 2. The second kappa shape index (κ2) is 8.37. The number of thiazole rings is 1. The molecule has 2 aromatic rings. The van der Waals surface area contributed by atoms with Gasteiger partial charge < -0.3 is 10.6 Å². The highest BCUT2D eigenvalue weighted by molar-refractivity contribution is 7.14. The lowest BCUT2D eigenvalue weighted by molar-refractivity contribution is -0.120. The van der Waals surface area contributed by atoms with E-state index in [0.717, 1.165) is 24.9 Å². The number of carbonyl (C=O) groups excluding carboxylic acids is 2. The lowest BCUT2D eigenvalue weighted by Gasteiger charge is -2.32. The Labute approximate surface area is 155 Å². The third-order valence-corrected chi connectivity index (χ3v) is 4.93. The molecule has 3 rings (SSSR count). The molecule has 26 heavy (non-hydrogen) atoms. The van der Waals surface area contributed by atoms with E-state index >= 15 is 0 Å². The van der Waals surface area contributed by atoms with Crippen LogP contribution < -0.4 is 10.6 Å². The van der Waals surface area contributed by atoms with Crippen molar-refractivity contribution in [2.45, 2.75) is 25.8 Å². The van der Waals surface area contributed by atoms with Crippen molar-refractivity contribution in [2.75, 3.05) is 25.0 Å². The van der Waals surface area contributed by atoms with Gasteiger partial charge in [-0.3, -0.25) is 14.5 Å². The van der Waals surface area contributed by atoms with Crippen LogP contribution in [0.1, 0.15) is 19.8 Å². The molecule has 1 aromatic heterocycles. The summed E-state index contributed by atoms with van der Waals surface area (Å²) in [6.07, 6.45) is 1.88. The van der Waals surface area contributed by atoms with Crippen molar-refractivity contribution in [1.29, 1.82) is 0 Å². The number of hydrogen-bond donors (Lipinski definition) is 2. The van der Waals surface area contributed by atoms with Crippen molar-refractivity contribution in [1.82, 2.24) is 15.2 Å². The molecule has 0 aliphatic carbocycles. The molecule has 1 atom stereocenters. The molecule has 1 saturated heterocycles. The van der Waals surface area contributed by atoms with Crippen LogP contribution >= 0.6 is 11.3 Å². The Balaban J connectivity index is 1.53. The molecule has 2 amide bonds. The molecule has 0 radical (unpaired) electrons. The summed E-state index contributed by atoms with van der Waals surface area (Å²) in [5.41, 5.74) is 1.51. The predicted molar refractivity (Wildman–Crippen MR) is 99.4 cm³/mol. The fraction of sp³-hybridized carbons (Fsp3) is 0.389. The second-order valence-electron chi connectivity index (χ2n) is 6.37. The number of piperidine rings is 1. The smallest absolute Gasteiger partial charge is 0.240 e. The van der Waals surface area contributed by atoms with E-state index in [1.165, 1.54) is 30.4 Å². The first-order chi connectivity index (χ1) is 12.5. The molecule has 1 unspecified atom stereocenters. The van der Waals surface area contributed by atoms with Gasteiger partial charge in [-0.1, -0.05) is 0 Å². The van der Waals surface area contributed by atoms with E-state index < -0.39 is 0 Å². The number of carbonyl (C=O) groups is 2. The molecule has 2 N–H and O–H groups in total.